The van der Waals surface area contributed by atoms with E-state index in [1.54, 1.807) is 0 Å². The fraction of sp³-hybridized carbons (Fsp3) is 0.836. The van der Waals surface area contributed by atoms with Crippen molar-refractivity contribution in [2.24, 2.45) is 0 Å². The Morgan fingerprint density at radius 1 is 0.426 bits per heavy atom. The molecule has 0 aliphatic heterocycles. The van der Waals surface area contributed by atoms with Gasteiger partial charge in [0, 0.05) is 0 Å². The van der Waals surface area contributed by atoms with Gasteiger partial charge >= 0.3 is 0 Å². The first-order valence-electron chi connectivity index (χ1n) is 26.5. The second-order valence-electron chi connectivity index (χ2n) is 18.2. The van der Waals surface area contributed by atoms with E-state index in [0.29, 0.717) is 19.3 Å². The summed E-state index contributed by atoms with van der Waals surface area (Å²) in [6.07, 6.45) is 62.2. The van der Waals surface area contributed by atoms with Crippen LogP contribution in [-0.4, -0.2) is 57.3 Å². The monoisotopic (exact) mass is 858 g/mol. The zero-order valence-electron chi connectivity index (χ0n) is 40.4. The summed E-state index contributed by atoms with van der Waals surface area (Å²) in [5.74, 6) is -0.600. The molecule has 4 atom stereocenters. The van der Waals surface area contributed by atoms with Crippen LogP contribution in [0.5, 0.6) is 0 Å². The molecule has 4 unspecified atom stereocenters. The Hall–Kier alpha value is -1.73. The highest BCUT2D eigenvalue weighted by atomic mass is 16.3. The summed E-state index contributed by atoms with van der Waals surface area (Å²) >= 11 is 0. The number of allylic oxidation sites excluding steroid dienone is 8. The molecule has 0 aliphatic carbocycles. The number of hydrogen-bond donors (Lipinski definition) is 5. The van der Waals surface area contributed by atoms with E-state index in [1.807, 2.05) is 0 Å². The highest BCUT2D eigenvalue weighted by Crippen LogP contribution is 2.17. The molecule has 0 aromatic heterocycles. The van der Waals surface area contributed by atoms with E-state index in [1.165, 1.54) is 180 Å². The smallest absolute Gasteiger partial charge is 0.249 e. The highest BCUT2D eigenvalue weighted by molar-refractivity contribution is 5.80. The van der Waals surface area contributed by atoms with E-state index in [-0.39, 0.29) is 0 Å². The molecule has 0 fully saturated rings. The maximum Gasteiger partial charge on any atom is 0.249 e. The van der Waals surface area contributed by atoms with Gasteiger partial charge in [0.2, 0.25) is 5.91 Å². The largest absolute Gasteiger partial charge is 0.394 e. The molecule has 0 radical (unpaired) electrons. The van der Waals surface area contributed by atoms with E-state index >= 15 is 0 Å². The highest BCUT2D eigenvalue weighted by Gasteiger charge is 2.28. The van der Waals surface area contributed by atoms with Crippen LogP contribution in [0.4, 0.5) is 0 Å². The quantitative estimate of drug-likeness (QED) is 0.0309. The number of rotatable bonds is 48. The summed E-state index contributed by atoms with van der Waals surface area (Å²) in [6, 6.07) is -1.01. The molecule has 6 nitrogen and oxygen atoms in total. The number of aliphatic hydroxyl groups excluding tert-OH is 4. The molecule has 0 spiro atoms. The van der Waals surface area contributed by atoms with Crippen molar-refractivity contribution >= 4 is 5.91 Å². The predicted octanol–water partition coefficient (Wildman–Crippen LogP) is 15.0. The number of nitrogens with one attached hydrogen (secondary N) is 1. The van der Waals surface area contributed by atoms with Crippen LogP contribution < -0.4 is 5.32 Å². The van der Waals surface area contributed by atoms with Crippen molar-refractivity contribution in [3.63, 3.8) is 0 Å². The van der Waals surface area contributed by atoms with Gasteiger partial charge in [0.15, 0.2) is 0 Å². The number of amides is 1. The van der Waals surface area contributed by atoms with Gasteiger partial charge in [0.25, 0.3) is 0 Å². The Bertz CT molecular complexity index is 1010. The summed E-state index contributed by atoms with van der Waals surface area (Å²) in [7, 11) is 0. The van der Waals surface area contributed by atoms with Crippen LogP contribution in [0.25, 0.3) is 0 Å². The van der Waals surface area contributed by atoms with Crippen LogP contribution in [0.15, 0.2) is 48.6 Å². The van der Waals surface area contributed by atoms with E-state index in [2.05, 4.69) is 67.8 Å². The Kier molecular flexibility index (Phi) is 47.9. The zero-order valence-corrected chi connectivity index (χ0v) is 40.4. The minimum atomic E-state index is -1.29. The lowest BCUT2D eigenvalue weighted by atomic mass is 10.00. The van der Waals surface area contributed by atoms with Gasteiger partial charge in [-0.15, -0.1) is 0 Å². The number of hydrogen-bond acceptors (Lipinski definition) is 5. The van der Waals surface area contributed by atoms with Gasteiger partial charge in [0.1, 0.15) is 12.2 Å². The summed E-state index contributed by atoms with van der Waals surface area (Å²) in [5, 5.41) is 43.5. The molecule has 0 aliphatic rings. The third-order valence-electron chi connectivity index (χ3n) is 12.3. The third kappa shape index (κ3) is 43.3. The molecule has 358 valence electrons. The van der Waals surface area contributed by atoms with E-state index in [9.17, 15) is 25.2 Å². The minimum Gasteiger partial charge on any atom is -0.394 e. The minimum absolute atomic E-state index is 0.359. The van der Waals surface area contributed by atoms with Gasteiger partial charge in [-0.3, -0.25) is 4.79 Å². The molecule has 61 heavy (non-hydrogen) atoms. The van der Waals surface area contributed by atoms with Crippen LogP contribution in [0, 0.1) is 0 Å². The van der Waals surface area contributed by atoms with Crippen molar-refractivity contribution < 1.29 is 25.2 Å². The number of carbonyl (C=O) groups is 1. The molecule has 0 saturated carbocycles. The van der Waals surface area contributed by atoms with Crippen LogP contribution in [0.1, 0.15) is 264 Å². The van der Waals surface area contributed by atoms with Crippen molar-refractivity contribution in [2.45, 2.75) is 289 Å². The lowest BCUT2D eigenvalue weighted by Gasteiger charge is -2.27. The lowest BCUT2D eigenvalue weighted by molar-refractivity contribution is -0.132. The van der Waals surface area contributed by atoms with E-state index in [0.717, 1.165) is 51.4 Å². The van der Waals surface area contributed by atoms with E-state index in [4.69, 9.17) is 0 Å². The fourth-order valence-electron chi connectivity index (χ4n) is 8.11. The molecule has 6 heteroatoms. The van der Waals surface area contributed by atoms with E-state index < -0.39 is 36.9 Å². The van der Waals surface area contributed by atoms with Crippen LogP contribution in [0.3, 0.4) is 0 Å². The average Bonchev–Trinajstić information content (AvgIpc) is 3.26. The maximum atomic E-state index is 12.5. The van der Waals surface area contributed by atoms with Crippen molar-refractivity contribution in [1.29, 1.82) is 0 Å². The molecular formula is C55H103NO5. The average molecular weight is 858 g/mol. The first-order chi connectivity index (χ1) is 30.0. The SMILES string of the molecule is CC/C=C/CC/C=C/CCCC(O)C(O)C(CO)NC(=O)C(O)CCCCCCCCCCCCCCCCCC/C=C\C/C=C\CCCCCCCCCCCCCCC. The summed E-state index contributed by atoms with van der Waals surface area (Å²) in [6.45, 7) is 3.91. The Labute approximate surface area is 379 Å². The van der Waals surface area contributed by atoms with Crippen molar-refractivity contribution in [3.05, 3.63) is 48.6 Å². The predicted molar refractivity (Wildman–Crippen MR) is 265 cm³/mol. The van der Waals surface area contributed by atoms with Gasteiger partial charge in [0.05, 0.1) is 18.8 Å². The summed E-state index contributed by atoms with van der Waals surface area (Å²) < 4.78 is 0. The van der Waals surface area contributed by atoms with Gasteiger partial charge in [-0.2, -0.15) is 0 Å². The molecule has 0 aromatic rings. The Morgan fingerprint density at radius 3 is 1.21 bits per heavy atom. The van der Waals surface area contributed by atoms with Crippen LogP contribution >= 0.6 is 0 Å². The molecule has 0 rings (SSSR count). The second kappa shape index (κ2) is 49.3. The molecular weight excluding hydrogens is 755 g/mol. The van der Waals surface area contributed by atoms with Crippen LogP contribution in [-0.2, 0) is 4.79 Å². The van der Waals surface area contributed by atoms with Crippen LogP contribution in [0.2, 0.25) is 0 Å². The maximum absolute atomic E-state index is 12.5. The van der Waals surface area contributed by atoms with Crippen molar-refractivity contribution in [3.8, 4) is 0 Å². The molecule has 0 bridgehead atoms. The first kappa shape index (κ1) is 59.3. The van der Waals surface area contributed by atoms with Crippen molar-refractivity contribution in [2.75, 3.05) is 6.61 Å². The molecule has 0 saturated heterocycles. The lowest BCUT2D eigenvalue weighted by Crippen LogP contribution is -2.53. The topological polar surface area (TPSA) is 110 Å². The fourth-order valence-corrected chi connectivity index (χ4v) is 8.11. The summed E-state index contributed by atoms with van der Waals surface area (Å²) in [4.78, 5) is 12.5. The Balaban J connectivity index is 3.53. The van der Waals surface area contributed by atoms with Crippen molar-refractivity contribution in [1.82, 2.24) is 5.32 Å². The number of aliphatic hydroxyl groups is 4. The molecule has 5 N–H and O–H groups in total. The number of unbranched alkanes of at least 4 members (excludes halogenated alkanes) is 31. The first-order valence-corrected chi connectivity index (χ1v) is 26.5. The second-order valence-corrected chi connectivity index (χ2v) is 18.2. The third-order valence-corrected chi connectivity index (χ3v) is 12.3. The normalized spacial score (nSPS) is 14.3. The molecule has 1 amide bonds. The van der Waals surface area contributed by atoms with Gasteiger partial charge in [-0.25, -0.2) is 0 Å². The van der Waals surface area contributed by atoms with Gasteiger partial charge in [-0.05, 0) is 77.0 Å². The Morgan fingerprint density at radius 2 is 0.787 bits per heavy atom. The molecule has 0 aromatic carbocycles. The van der Waals surface area contributed by atoms with Gasteiger partial charge in [-0.1, -0.05) is 236 Å². The summed E-state index contributed by atoms with van der Waals surface area (Å²) in [5.41, 5.74) is 0. The number of carbonyl (C=O) groups excluding carboxylic acids is 1. The zero-order chi connectivity index (χ0) is 44.5. The van der Waals surface area contributed by atoms with Gasteiger partial charge < -0.3 is 25.7 Å². The molecule has 0 heterocycles. The standard InChI is InChI=1S/C55H103NO5/c1-3-5-7-9-11-13-14-15-16-17-18-19-20-21-22-23-24-25-26-27-28-29-30-31-32-33-34-35-36-37-38-39-41-43-45-47-49-53(59)55(61)56-51(50-57)54(60)52(58)48-46-44-42-40-12-10-8-6-4-2/h6,8,22-23,25-26,40,42,51-54,57-60H,3-5,7,9-21,24,27-39,41,43-50H2,1-2H3,(H,56,61)/b8-6+,23-22-,26-25-,42-40+.